The van der Waals surface area contributed by atoms with E-state index in [1.807, 2.05) is 48.5 Å². The van der Waals surface area contributed by atoms with Gasteiger partial charge in [0.05, 0.1) is 0 Å². The average Bonchev–Trinajstić information content (AvgIpc) is 2.81. The third kappa shape index (κ3) is 3.86. The Kier molecular flexibility index (Phi) is 5.41. The van der Waals surface area contributed by atoms with Gasteiger partial charge in [-0.15, -0.1) is 11.8 Å². The summed E-state index contributed by atoms with van der Waals surface area (Å²) in [5.41, 5.74) is -0.278. The van der Waals surface area contributed by atoms with Gasteiger partial charge in [-0.3, -0.25) is 9.69 Å². The first-order valence-corrected chi connectivity index (χ1v) is 9.84. The van der Waals surface area contributed by atoms with E-state index in [-0.39, 0.29) is 11.9 Å². The molecule has 1 atom stereocenters. The normalized spacial score (nSPS) is 20.0. The van der Waals surface area contributed by atoms with E-state index in [9.17, 15) is 9.59 Å². The molecule has 0 spiro atoms. The van der Waals surface area contributed by atoms with Gasteiger partial charge >= 0.3 is 6.03 Å². The topological polar surface area (TPSA) is 49.4 Å². The molecule has 2 aromatic rings. The van der Waals surface area contributed by atoms with E-state index in [1.165, 1.54) is 4.90 Å². The highest BCUT2D eigenvalue weighted by atomic mass is 79.9. The Morgan fingerprint density at radius 2 is 1.92 bits per heavy atom. The number of amides is 3. The van der Waals surface area contributed by atoms with E-state index in [0.717, 1.165) is 14.9 Å². The molecule has 130 valence electrons. The fraction of sp³-hybridized carbons (Fsp3) is 0.222. The first-order chi connectivity index (χ1) is 11.9. The highest BCUT2D eigenvalue weighted by Gasteiger charge is 2.48. The molecule has 0 bridgehead atoms. The summed E-state index contributed by atoms with van der Waals surface area (Å²) in [5.74, 6) is 0.391. The predicted molar refractivity (Wildman–Crippen MR) is 104 cm³/mol. The van der Waals surface area contributed by atoms with Crippen LogP contribution in [0.25, 0.3) is 0 Å². The molecule has 0 aliphatic carbocycles. The van der Waals surface area contributed by atoms with Crippen molar-refractivity contribution >= 4 is 51.2 Å². The number of urea groups is 1. The van der Waals surface area contributed by atoms with E-state index in [4.69, 9.17) is 11.6 Å². The van der Waals surface area contributed by atoms with Gasteiger partial charge in [0.15, 0.2) is 0 Å². The Hall–Kier alpha value is -1.50. The van der Waals surface area contributed by atoms with E-state index in [0.29, 0.717) is 17.3 Å². The fourth-order valence-electron chi connectivity index (χ4n) is 2.68. The van der Waals surface area contributed by atoms with Gasteiger partial charge < -0.3 is 5.32 Å². The van der Waals surface area contributed by atoms with Crippen LogP contribution in [0, 0.1) is 0 Å². The lowest BCUT2D eigenvalue weighted by molar-refractivity contribution is -0.130. The zero-order valence-corrected chi connectivity index (χ0v) is 16.6. The van der Waals surface area contributed by atoms with Crippen molar-refractivity contribution in [3.05, 3.63) is 63.6 Å². The summed E-state index contributed by atoms with van der Waals surface area (Å²) in [6.45, 7) is 2.09. The number of benzene rings is 2. The lowest BCUT2D eigenvalue weighted by Crippen LogP contribution is -2.41. The van der Waals surface area contributed by atoms with E-state index in [1.54, 1.807) is 18.7 Å². The third-order valence-electron chi connectivity index (χ3n) is 4.07. The summed E-state index contributed by atoms with van der Waals surface area (Å²) in [6, 6.07) is 14.6. The van der Waals surface area contributed by atoms with Crippen LogP contribution in [-0.4, -0.2) is 29.1 Å². The molecule has 1 N–H and O–H groups in total. The largest absolute Gasteiger partial charge is 0.325 e. The summed E-state index contributed by atoms with van der Waals surface area (Å²) in [7, 11) is 0. The molecule has 1 saturated heterocycles. The standard InChI is InChI=1S/C18H16BrClN2O2S/c1-18(12-3-2-4-13(19)11-12)16(23)22(17(24)21-18)9-10-25-15-7-5-14(20)6-8-15/h2-8,11H,9-10H2,1H3,(H,21,24). The SMILES string of the molecule is CC1(c2cccc(Br)c2)NC(=O)N(CCSc2ccc(Cl)cc2)C1=O. The molecular formula is C18H16BrClN2O2S. The zero-order valence-electron chi connectivity index (χ0n) is 13.5. The van der Waals surface area contributed by atoms with Crippen molar-refractivity contribution in [1.29, 1.82) is 0 Å². The molecule has 1 unspecified atom stereocenters. The Labute approximate surface area is 164 Å². The first-order valence-electron chi connectivity index (χ1n) is 7.69. The zero-order chi connectivity index (χ0) is 18.0. The minimum absolute atomic E-state index is 0.229. The van der Waals surface area contributed by atoms with Crippen molar-refractivity contribution in [2.24, 2.45) is 0 Å². The smallest absolute Gasteiger partial charge is 0.319 e. The summed E-state index contributed by atoms with van der Waals surface area (Å²) in [6.07, 6.45) is 0. The monoisotopic (exact) mass is 438 g/mol. The second-order valence-electron chi connectivity index (χ2n) is 5.82. The summed E-state index contributed by atoms with van der Waals surface area (Å²) < 4.78 is 0.866. The van der Waals surface area contributed by atoms with Crippen molar-refractivity contribution in [3.63, 3.8) is 0 Å². The molecule has 1 aliphatic heterocycles. The Bertz CT molecular complexity index is 815. The lowest BCUT2D eigenvalue weighted by Gasteiger charge is -2.22. The predicted octanol–water partition coefficient (Wildman–Crippen LogP) is 4.66. The van der Waals surface area contributed by atoms with Gasteiger partial charge in [-0.1, -0.05) is 39.7 Å². The molecule has 3 rings (SSSR count). The maximum absolute atomic E-state index is 12.8. The van der Waals surface area contributed by atoms with Gasteiger partial charge in [-0.05, 0) is 48.9 Å². The van der Waals surface area contributed by atoms with Crippen LogP contribution in [0.5, 0.6) is 0 Å². The Morgan fingerprint density at radius 1 is 1.20 bits per heavy atom. The van der Waals surface area contributed by atoms with Crippen LogP contribution >= 0.6 is 39.3 Å². The molecule has 1 aliphatic rings. The number of nitrogens with zero attached hydrogens (tertiary/aromatic N) is 1. The van der Waals surface area contributed by atoms with Crippen LogP contribution in [0.1, 0.15) is 12.5 Å². The van der Waals surface area contributed by atoms with Gasteiger partial charge in [0.25, 0.3) is 5.91 Å². The number of carbonyl (C=O) groups is 2. The first kappa shape index (κ1) is 18.3. The van der Waals surface area contributed by atoms with Crippen LogP contribution in [0.15, 0.2) is 57.9 Å². The molecule has 0 saturated carbocycles. The summed E-state index contributed by atoms with van der Waals surface area (Å²) >= 11 is 10.9. The quantitative estimate of drug-likeness (QED) is 0.544. The van der Waals surface area contributed by atoms with Crippen LogP contribution < -0.4 is 5.32 Å². The number of rotatable bonds is 5. The molecule has 1 fully saturated rings. The number of nitrogens with one attached hydrogen (secondary N) is 1. The van der Waals surface area contributed by atoms with Crippen molar-refractivity contribution in [2.45, 2.75) is 17.4 Å². The molecule has 25 heavy (non-hydrogen) atoms. The molecule has 4 nitrogen and oxygen atoms in total. The van der Waals surface area contributed by atoms with E-state index >= 15 is 0 Å². The maximum Gasteiger partial charge on any atom is 0.325 e. The second kappa shape index (κ2) is 7.40. The molecular weight excluding hydrogens is 424 g/mol. The number of imide groups is 1. The molecule has 2 aromatic carbocycles. The Balaban J connectivity index is 1.68. The Morgan fingerprint density at radius 3 is 2.60 bits per heavy atom. The highest BCUT2D eigenvalue weighted by Crippen LogP contribution is 2.31. The molecule has 3 amide bonds. The molecule has 0 radical (unpaired) electrons. The summed E-state index contributed by atoms with van der Waals surface area (Å²) in [4.78, 5) is 27.5. The van der Waals surface area contributed by atoms with Crippen LogP contribution in [0.2, 0.25) is 5.02 Å². The van der Waals surface area contributed by atoms with Crippen molar-refractivity contribution in [2.75, 3.05) is 12.3 Å². The number of halogens is 2. The maximum atomic E-state index is 12.8. The second-order valence-corrected chi connectivity index (χ2v) is 8.35. The number of hydrogen-bond donors (Lipinski definition) is 1. The van der Waals surface area contributed by atoms with Gasteiger partial charge in [0.2, 0.25) is 0 Å². The van der Waals surface area contributed by atoms with Gasteiger partial charge in [0, 0.05) is 26.7 Å². The van der Waals surface area contributed by atoms with Crippen LogP contribution in [0.3, 0.4) is 0 Å². The van der Waals surface area contributed by atoms with Crippen LogP contribution in [0.4, 0.5) is 4.79 Å². The molecule has 7 heteroatoms. The average molecular weight is 440 g/mol. The minimum atomic E-state index is -1.04. The van der Waals surface area contributed by atoms with Crippen molar-refractivity contribution in [1.82, 2.24) is 10.2 Å². The number of thioether (sulfide) groups is 1. The number of carbonyl (C=O) groups excluding carboxylic acids is 2. The third-order valence-corrected chi connectivity index (χ3v) is 5.81. The van der Waals surface area contributed by atoms with E-state index in [2.05, 4.69) is 21.2 Å². The molecule has 1 heterocycles. The van der Waals surface area contributed by atoms with E-state index < -0.39 is 5.54 Å². The van der Waals surface area contributed by atoms with Gasteiger partial charge in [-0.2, -0.15) is 0 Å². The molecule has 0 aromatic heterocycles. The summed E-state index contributed by atoms with van der Waals surface area (Å²) in [5, 5.41) is 3.50. The minimum Gasteiger partial charge on any atom is -0.319 e. The lowest BCUT2D eigenvalue weighted by atomic mass is 9.92. The van der Waals surface area contributed by atoms with Crippen molar-refractivity contribution in [3.8, 4) is 0 Å². The van der Waals surface area contributed by atoms with Crippen molar-refractivity contribution < 1.29 is 9.59 Å². The van der Waals surface area contributed by atoms with Crippen LogP contribution in [-0.2, 0) is 10.3 Å². The highest BCUT2D eigenvalue weighted by molar-refractivity contribution is 9.10. The fourth-order valence-corrected chi connectivity index (χ4v) is 4.04. The van der Waals surface area contributed by atoms with Gasteiger partial charge in [-0.25, -0.2) is 4.79 Å². The van der Waals surface area contributed by atoms with Gasteiger partial charge in [0.1, 0.15) is 5.54 Å². The number of hydrogen-bond acceptors (Lipinski definition) is 3.